The molecule has 2 fully saturated rings. The molecule has 0 radical (unpaired) electrons. The van der Waals surface area contributed by atoms with E-state index < -0.39 is 0 Å². The third-order valence-corrected chi connectivity index (χ3v) is 5.37. The highest BCUT2D eigenvalue weighted by atomic mass is 16.5. The molecule has 2 aliphatic carbocycles. The molecule has 0 aromatic heterocycles. The van der Waals surface area contributed by atoms with Crippen LogP contribution in [0.3, 0.4) is 0 Å². The van der Waals surface area contributed by atoms with Gasteiger partial charge in [-0.3, -0.25) is 9.59 Å². The molecule has 136 valence electrons. The fraction of sp³-hybridized carbons (Fsp3) is 0.600. The average Bonchev–Trinajstić information content (AvgIpc) is 3.46. The summed E-state index contributed by atoms with van der Waals surface area (Å²) >= 11 is 0. The zero-order valence-corrected chi connectivity index (χ0v) is 14.9. The lowest BCUT2D eigenvalue weighted by molar-refractivity contribution is -0.126. The second-order valence-corrected chi connectivity index (χ2v) is 7.11. The molecule has 2 aliphatic rings. The summed E-state index contributed by atoms with van der Waals surface area (Å²) in [6, 6.07) is 7.88. The molecule has 2 atom stereocenters. The van der Waals surface area contributed by atoms with Crippen LogP contribution >= 0.6 is 0 Å². The summed E-state index contributed by atoms with van der Waals surface area (Å²) in [6.45, 7) is 1.000. The van der Waals surface area contributed by atoms with Crippen molar-refractivity contribution >= 4 is 11.8 Å². The SMILES string of the molecule is COc1ccccc1[C@@H]1C[C@@H]1C(=O)NCCNC(=O)C1CCCCC1. The summed E-state index contributed by atoms with van der Waals surface area (Å²) in [7, 11) is 1.66. The lowest BCUT2D eigenvalue weighted by Crippen LogP contribution is -2.38. The van der Waals surface area contributed by atoms with E-state index in [1.165, 1.54) is 6.42 Å². The number of carbonyl (C=O) groups excluding carboxylic acids is 2. The average molecular weight is 344 g/mol. The second kappa shape index (κ2) is 8.37. The minimum atomic E-state index is 0.0188. The first-order chi connectivity index (χ1) is 12.2. The van der Waals surface area contributed by atoms with Crippen molar-refractivity contribution in [1.29, 1.82) is 0 Å². The predicted molar refractivity (Wildman–Crippen MR) is 96.4 cm³/mol. The molecule has 2 saturated carbocycles. The third kappa shape index (κ3) is 4.53. The van der Waals surface area contributed by atoms with Gasteiger partial charge in [0, 0.05) is 24.9 Å². The van der Waals surface area contributed by atoms with Crippen molar-refractivity contribution in [3.8, 4) is 5.75 Å². The van der Waals surface area contributed by atoms with E-state index in [0.717, 1.165) is 43.4 Å². The molecule has 0 spiro atoms. The van der Waals surface area contributed by atoms with Crippen molar-refractivity contribution in [2.24, 2.45) is 11.8 Å². The summed E-state index contributed by atoms with van der Waals surface area (Å²) in [5, 5.41) is 5.90. The molecule has 25 heavy (non-hydrogen) atoms. The molecule has 0 saturated heterocycles. The first-order valence-corrected chi connectivity index (χ1v) is 9.39. The maximum absolute atomic E-state index is 12.3. The monoisotopic (exact) mass is 344 g/mol. The second-order valence-electron chi connectivity index (χ2n) is 7.11. The minimum Gasteiger partial charge on any atom is -0.496 e. The number of carbonyl (C=O) groups is 2. The Hall–Kier alpha value is -2.04. The lowest BCUT2D eigenvalue weighted by atomic mass is 9.89. The Morgan fingerprint density at radius 1 is 1.04 bits per heavy atom. The Labute approximate surface area is 149 Å². The van der Waals surface area contributed by atoms with Crippen molar-refractivity contribution in [2.45, 2.75) is 44.4 Å². The van der Waals surface area contributed by atoms with Crippen LogP contribution in [-0.4, -0.2) is 32.0 Å². The number of ether oxygens (including phenoxy) is 1. The van der Waals surface area contributed by atoms with Crippen LogP contribution in [0.25, 0.3) is 0 Å². The molecule has 2 N–H and O–H groups in total. The third-order valence-electron chi connectivity index (χ3n) is 5.37. The van der Waals surface area contributed by atoms with Crippen molar-refractivity contribution in [2.75, 3.05) is 20.2 Å². The molecule has 1 aromatic rings. The maximum atomic E-state index is 12.3. The van der Waals surface area contributed by atoms with Crippen LogP contribution in [0, 0.1) is 11.8 Å². The van der Waals surface area contributed by atoms with Gasteiger partial charge in [-0.25, -0.2) is 0 Å². The number of rotatable bonds is 7. The fourth-order valence-electron chi connectivity index (χ4n) is 3.81. The van der Waals surface area contributed by atoms with E-state index in [1.54, 1.807) is 7.11 Å². The van der Waals surface area contributed by atoms with Gasteiger partial charge in [0.1, 0.15) is 5.75 Å². The minimum absolute atomic E-state index is 0.0188. The zero-order valence-electron chi connectivity index (χ0n) is 14.9. The van der Waals surface area contributed by atoms with Crippen LogP contribution in [0.5, 0.6) is 5.75 Å². The number of para-hydroxylation sites is 1. The Balaban J connectivity index is 1.37. The van der Waals surface area contributed by atoms with E-state index in [1.807, 2.05) is 24.3 Å². The highest BCUT2D eigenvalue weighted by Crippen LogP contribution is 2.50. The molecule has 0 bridgehead atoms. The number of amides is 2. The topological polar surface area (TPSA) is 67.4 Å². The number of hydrogen-bond acceptors (Lipinski definition) is 3. The molecule has 2 amide bonds. The first-order valence-electron chi connectivity index (χ1n) is 9.39. The van der Waals surface area contributed by atoms with Crippen LogP contribution in [0.1, 0.15) is 50.0 Å². The van der Waals surface area contributed by atoms with Crippen LogP contribution in [0.15, 0.2) is 24.3 Å². The standard InChI is InChI=1S/C20H28N2O3/c1-25-18-10-6-5-9-15(18)16-13-17(16)20(24)22-12-11-21-19(23)14-7-3-2-4-8-14/h5-6,9-10,14,16-17H,2-4,7-8,11-13H2,1H3,(H,21,23)(H,22,24)/t16-,17-/m0/s1. The van der Waals surface area contributed by atoms with Crippen molar-refractivity contribution in [3.63, 3.8) is 0 Å². The molecule has 5 nitrogen and oxygen atoms in total. The van der Waals surface area contributed by atoms with Crippen LogP contribution in [0.2, 0.25) is 0 Å². The Morgan fingerprint density at radius 3 is 2.44 bits per heavy atom. The van der Waals surface area contributed by atoms with E-state index in [4.69, 9.17) is 4.74 Å². The highest BCUT2D eigenvalue weighted by molar-refractivity contribution is 5.83. The number of nitrogens with one attached hydrogen (secondary N) is 2. The van der Waals surface area contributed by atoms with E-state index >= 15 is 0 Å². The first kappa shape index (κ1) is 17.8. The highest BCUT2D eigenvalue weighted by Gasteiger charge is 2.45. The molecule has 3 rings (SSSR count). The van der Waals surface area contributed by atoms with E-state index in [2.05, 4.69) is 10.6 Å². The number of methoxy groups -OCH3 is 1. The summed E-state index contributed by atoms with van der Waals surface area (Å²) < 4.78 is 5.38. The molecule has 0 heterocycles. The normalized spacial score (nSPS) is 22.9. The van der Waals surface area contributed by atoms with Gasteiger partial charge in [-0.15, -0.1) is 0 Å². The van der Waals surface area contributed by atoms with Gasteiger partial charge in [-0.2, -0.15) is 0 Å². The van der Waals surface area contributed by atoms with Gasteiger partial charge in [0.2, 0.25) is 11.8 Å². The van der Waals surface area contributed by atoms with E-state index in [9.17, 15) is 9.59 Å². The van der Waals surface area contributed by atoms with E-state index in [0.29, 0.717) is 13.1 Å². The van der Waals surface area contributed by atoms with Gasteiger partial charge in [0.25, 0.3) is 0 Å². The van der Waals surface area contributed by atoms with Crippen molar-refractivity contribution < 1.29 is 14.3 Å². The Bertz CT molecular complexity index is 611. The lowest BCUT2D eigenvalue weighted by Gasteiger charge is -2.20. The summed E-state index contributed by atoms with van der Waals surface area (Å²) in [6.07, 6.45) is 6.42. The van der Waals surface area contributed by atoms with Crippen LogP contribution in [-0.2, 0) is 9.59 Å². The van der Waals surface area contributed by atoms with Gasteiger partial charge in [0.05, 0.1) is 7.11 Å². The number of benzene rings is 1. The molecular formula is C20H28N2O3. The Kier molecular flexibility index (Phi) is 5.95. The maximum Gasteiger partial charge on any atom is 0.223 e. The molecule has 0 aliphatic heterocycles. The molecule has 0 unspecified atom stereocenters. The van der Waals surface area contributed by atoms with Crippen LogP contribution in [0.4, 0.5) is 0 Å². The predicted octanol–water partition coefficient (Wildman–Crippen LogP) is 2.61. The quantitative estimate of drug-likeness (QED) is 0.747. The molecule has 5 heteroatoms. The summed E-state index contributed by atoms with van der Waals surface area (Å²) in [4.78, 5) is 24.3. The molecular weight excluding hydrogens is 316 g/mol. The van der Waals surface area contributed by atoms with Crippen molar-refractivity contribution in [1.82, 2.24) is 10.6 Å². The van der Waals surface area contributed by atoms with Gasteiger partial charge >= 0.3 is 0 Å². The van der Waals surface area contributed by atoms with Gasteiger partial charge in [0.15, 0.2) is 0 Å². The smallest absolute Gasteiger partial charge is 0.223 e. The van der Waals surface area contributed by atoms with Gasteiger partial charge in [-0.05, 0) is 36.8 Å². The Morgan fingerprint density at radius 2 is 1.72 bits per heavy atom. The van der Waals surface area contributed by atoms with Gasteiger partial charge < -0.3 is 15.4 Å². The van der Waals surface area contributed by atoms with Gasteiger partial charge in [-0.1, -0.05) is 37.5 Å². The fourth-order valence-corrected chi connectivity index (χ4v) is 3.81. The zero-order chi connectivity index (χ0) is 17.6. The van der Waals surface area contributed by atoms with E-state index in [-0.39, 0.29) is 29.6 Å². The largest absolute Gasteiger partial charge is 0.496 e. The summed E-state index contributed by atoms with van der Waals surface area (Å²) in [5.74, 6) is 1.50. The van der Waals surface area contributed by atoms with Crippen molar-refractivity contribution in [3.05, 3.63) is 29.8 Å². The number of hydrogen-bond donors (Lipinski definition) is 2. The molecule has 1 aromatic carbocycles. The summed E-state index contributed by atoms with van der Waals surface area (Å²) in [5.41, 5.74) is 1.11. The van der Waals surface area contributed by atoms with Crippen LogP contribution < -0.4 is 15.4 Å².